The average molecular weight is 297 g/mol. The fraction of sp³-hybridized carbons (Fsp3) is 0.214. The fourth-order valence-corrected chi connectivity index (χ4v) is 2.30. The monoisotopic (exact) mass is 296 g/mol. The Morgan fingerprint density at radius 3 is 2.74 bits per heavy atom. The first kappa shape index (κ1) is 14.0. The lowest BCUT2D eigenvalue weighted by molar-refractivity contribution is 0.399. The lowest BCUT2D eigenvalue weighted by Crippen LogP contribution is -2.08. The van der Waals surface area contributed by atoms with Crippen LogP contribution >= 0.6 is 23.2 Å². The third kappa shape index (κ3) is 3.11. The molecule has 0 saturated heterocycles. The number of benzene rings is 1. The molecule has 19 heavy (non-hydrogen) atoms. The third-order valence-corrected chi connectivity index (χ3v) is 3.62. The number of rotatable bonds is 4. The Morgan fingerprint density at radius 1 is 1.21 bits per heavy atom. The lowest BCUT2D eigenvalue weighted by atomic mass is 10.1. The van der Waals surface area contributed by atoms with Gasteiger partial charge in [-0.15, -0.1) is 0 Å². The number of ether oxygens (including phenoxy) is 1. The van der Waals surface area contributed by atoms with Gasteiger partial charge >= 0.3 is 0 Å². The van der Waals surface area contributed by atoms with E-state index in [1.54, 1.807) is 19.4 Å². The maximum absolute atomic E-state index is 6.21. The van der Waals surface area contributed by atoms with Crippen LogP contribution in [0.25, 0.3) is 0 Å². The molecule has 2 aromatic rings. The van der Waals surface area contributed by atoms with Crippen LogP contribution in [0.4, 0.5) is 5.69 Å². The predicted octanol–water partition coefficient (Wildman–Crippen LogP) is 4.57. The largest absolute Gasteiger partial charge is 0.480 e. The van der Waals surface area contributed by atoms with E-state index in [0.717, 1.165) is 11.3 Å². The van der Waals surface area contributed by atoms with Gasteiger partial charge in [0.2, 0.25) is 5.88 Å². The van der Waals surface area contributed by atoms with Gasteiger partial charge in [0.15, 0.2) is 0 Å². The highest BCUT2D eigenvalue weighted by Crippen LogP contribution is 2.32. The molecule has 0 aliphatic heterocycles. The standard InChI is InChI=1S/C14H14Cl2N2O/c1-9(10-5-3-6-11(15)13(10)16)18-12-7-4-8-17-14(12)19-2/h3-9,18H,1-2H3. The normalized spacial score (nSPS) is 12.0. The first-order chi connectivity index (χ1) is 9.13. The predicted molar refractivity (Wildman–Crippen MR) is 79.3 cm³/mol. The summed E-state index contributed by atoms with van der Waals surface area (Å²) in [5.41, 5.74) is 1.74. The molecule has 1 N–H and O–H groups in total. The third-order valence-electron chi connectivity index (χ3n) is 2.78. The second-order valence-electron chi connectivity index (χ2n) is 4.07. The summed E-state index contributed by atoms with van der Waals surface area (Å²) in [6, 6.07) is 9.32. The summed E-state index contributed by atoms with van der Waals surface area (Å²) in [7, 11) is 1.59. The summed E-state index contributed by atoms with van der Waals surface area (Å²) in [5.74, 6) is 0.549. The van der Waals surface area contributed by atoms with E-state index in [4.69, 9.17) is 27.9 Å². The van der Waals surface area contributed by atoms with E-state index >= 15 is 0 Å². The van der Waals surface area contributed by atoms with Crippen molar-refractivity contribution >= 4 is 28.9 Å². The van der Waals surface area contributed by atoms with E-state index in [9.17, 15) is 0 Å². The number of pyridine rings is 1. The van der Waals surface area contributed by atoms with Gasteiger partial charge in [-0.3, -0.25) is 0 Å². The summed E-state index contributed by atoms with van der Waals surface area (Å²) in [6.07, 6.45) is 1.68. The lowest BCUT2D eigenvalue weighted by Gasteiger charge is -2.18. The molecule has 3 nitrogen and oxygen atoms in total. The van der Waals surface area contributed by atoms with Crippen LogP contribution in [0.5, 0.6) is 5.88 Å². The summed E-state index contributed by atoms with van der Waals surface area (Å²) in [6.45, 7) is 2.00. The van der Waals surface area contributed by atoms with Gasteiger partial charge in [0.25, 0.3) is 0 Å². The Hall–Kier alpha value is -1.45. The second kappa shape index (κ2) is 6.13. The van der Waals surface area contributed by atoms with E-state index in [-0.39, 0.29) is 6.04 Å². The fourth-order valence-electron chi connectivity index (χ4n) is 1.83. The Bertz CT molecular complexity index is 575. The Balaban J connectivity index is 2.26. The second-order valence-corrected chi connectivity index (χ2v) is 4.85. The van der Waals surface area contributed by atoms with Gasteiger partial charge in [-0.1, -0.05) is 35.3 Å². The van der Waals surface area contributed by atoms with E-state index in [1.807, 2.05) is 31.2 Å². The molecule has 0 aliphatic rings. The molecule has 0 spiro atoms. The smallest absolute Gasteiger partial charge is 0.237 e. The van der Waals surface area contributed by atoms with Crippen molar-refractivity contribution in [1.29, 1.82) is 0 Å². The number of hydrogen-bond acceptors (Lipinski definition) is 3. The van der Waals surface area contributed by atoms with Crippen LogP contribution in [0.15, 0.2) is 36.5 Å². The summed E-state index contributed by atoms with van der Waals surface area (Å²) < 4.78 is 5.20. The molecular weight excluding hydrogens is 283 g/mol. The van der Waals surface area contributed by atoms with Crippen molar-refractivity contribution in [3.8, 4) is 5.88 Å². The molecule has 0 fully saturated rings. The van der Waals surface area contributed by atoms with Crippen LogP contribution in [0.3, 0.4) is 0 Å². The topological polar surface area (TPSA) is 34.1 Å². The van der Waals surface area contributed by atoms with Gasteiger partial charge < -0.3 is 10.1 Å². The minimum Gasteiger partial charge on any atom is -0.480 e. The molecule has 0 amide bonds. The molecule has 1 atom stereocenters. The average Bonchev–Trinajstić information content (AvgIpc) is 2.42. The van der Waals surface area contributed by atoms with E-state index in [2.05, 4.69) is 10.3 Å². The maximum atomic E-state index is 6.21. The molecule has 100 valence electrons. The minimum atomic E-state index is -0.00991. The Labute approximate surface area is 122 Å². The van der Waals surface area contributed by atoms with Crippen LogP contribution < -0.4 is 10.1 Å². The van der Waals surface area contributed by atoms with Gasteiger partial charge in [-0.25, -0.2) is 4.98 Å². The van der Waals surface area contributed by atoms with Gasteiger partial charge in [0.1, 0.15) is 0 Å². The number of hydrogen-bond donors (Lipinski definition) is 1. The zero-order valence-corrected chi connectivity index (χ0v) is 12.2. The first-order valence-electron chi connectivity index (χ1n) is 5.83. The van der Waals surface area contributed by atoms with Crippen LogP contribution in [-0.2, 0) is 0 Å². The van der Waals surface area contributed by atoms with Crippen molar-refractivity contribution in [2.75, 3.05) is 12.4 Å². The Kier molecular flexibility index (Phi) is 4.51. The number of nitrogens with one attached hydrogen (secondary N) is 1. The quantitative estimate of drug-likeness (QED) is 0.897. The summed E-state index contributed by atoms with van der Waals surface area (Å²) in [4.78, 5) is 4.14. The number of methoxy groups -OCH3 is 1. The molecule has 0 bridgehead atoms. The number of anilines is 1. The zero-order chi connectivity index (χ0) is 13.8. The molecule has 0 aliphatic carbocycles. The molecule has 1 heterocycles. The summed E-state index contributed by atoms with van der Waals surface area (Å²) >= 11 is 12.2. The number of nitrogens with zero attached hydrogens (tertiary/aromatic N) is 1. The van der Waals surface area contributed by atoms with Crippen molar-refractivity contribution in [1.82, 2.24) is 4.98 Å². The molecule has 0 radical (unpaired) electrons. The van der Waals surface area contributed by atoms with Crippen LogP contribution in [0.1, 0.15) is 18.5 Å². The van der Waals surface area contributed by atoms with Crippen LogP contribution in [-0.4, -0.2) is 12.1 Å². The first-order valence-corrected chi connectivity index (χ1v) is 6.58. The van der Waals surface area contributed by atoms with Crippen molar-refractivity contribution in [3.05, 3.63) is 52.1 Å². The highest BCUT2D eigenvalue weighted by molar-refractivity contribution is 6.42. The molecule has 1 aromatic heterocycles. The van der Waals surface area contributed by atoms with Crippen molar-refractivity contribution in [2.24, 2.45) is 0 Å². The van der Waals surface area contributed by atoms with Crippen molar-refractivity contribution in [2.45, 2.75) is 13.0 Å². The zero-order valence-electron chi connectivity index (χ0n) is 10.7. The maximum Gasteiger partial charge on any atom is 0.237 e. The number of halogens is 2. The molecular formula is C14H14Cl2N2O. The van der Waals surface area contributed by atoms with Gasteiger partial charge in [0.05, 0.1) is 28.9 Å². The minimum absolute atomic E-state index is 0.00991. The molecule has 1 unspecified atom stereocenters. The van der Waals surface area contributed by atoms with Crippen LogP contribution in [0, 0.1) is 0 Å². The van der Waals surface area contributed by atoms with Gasteiger partial charge in [-0.2, -0.15) is 0 Å². The van der Waals surface area contributed by atoms with Gasteiger partial charge in [0, 0.05) is 6.20 Å². The summed E-state index contributed by atoms with van der Waals surface area (Å²) in [5, 5.41) is 4.42. The van der Waals surface area contributed by atoms with E-state index in [0.29, 0.717) is 15.9 Å². The van der Waals surface area contributed by atoms with E-state index in [1.165, 1.54) is 0 Å². The SMILES string of the molecule is COc1ncccc1NC(C)c1cccc(Cl)c1Cl. The molecule has 1 aromatic carbocycles. The highest BCUT2D eigenvalue weighted by atomic mass is 35.5. The molecule has 0 saturated carbocycles. The van der Waals surface area contributed by atoms with Crippen LogP contribution in [0.2, 0.25) is 10.0 Å². The molecule has 5 heteroatoms. The van der Waals surface area contributed by atoms with Crippen molar-refractivity contribution < 1.29 is 4.74 Å². The Morgan fingerprint density at radius 2 is 2.00 bits per heavy atom. The van der Waals surface area contributed by atoms with E-state index < -0.39 is 0 Å². The molecule has 2 rings (SSSR count). The number of aromatic nitrogens is 1. The van der Waals surface area contributed by atoms with Gasteiger partial charge in [-0.05, 0) is 30.7 Å². The van der Waals surface area contributed by atoms with Crippen molar-refractivity contribution in [3.63, 3.8) is 0 Å². The highest BCUT2D eigenvalue weighted by Gasteiger charge is 2.13.